The van der Waals surface area contributed by atoms with E-state index in [9.17, 15) is 15.3 Å². The lowest BCUT2D eigenvalue weighted by molar-refractivity contribution is -0.221. The first kappa shape index (κ1) is 14.5. The van der Waals surface area contributed by atoms with E-state index in [1.165, 1.54) is 5.57 Å². The maximum Gasteiger partial charge on any atom is 0.160 e. The van der Waals surface area contributed by atoms with Crippen molar-refractivity contribution in [3.63, 3.8) is 0 Å². The molecule has 0 radical (unpaired) electrons. The fourth-order valence-electron chi connectivity index (χ4n) is 5.38. The molecular formula is C19H22N2O3. The number of nitrogens with one attached hydrogen (secondary N) is 1. The molecule has 5 heterocycles. The number of aliphatic hydroxyl groups excluding tert-OH is 1. The number of phenols is 1. The highest BCUT2D eigenvalue weighted by atomic mass is 16.3. The van der Waals surface area contributed by atoms with E-state index in [0.29, 0.717) is 6.42 Å². The fourth-order valence-corrected chi connectivity index (χ4v) is 5.38. The van der Waals surface area contributed by atoms with Crippen molar-refractivity contribution in [1.29, 1.82) is 0 Å². The Morgan fingerprint density at radius 2 is 2.25 bits per heavy atom. The van der Waals surface area contributed by atoms with Crippen LogP contribution in [0.2, 0.25) is 0 Å². The van der Waals surface area contributed by atoms with Gasteiger partial charge in [-0.3, -0.25) is 4.90 Å². The van der Waals surface area contributed by atoms with Crippen molar-refractivity contribution in [2.45, 2.75) is 31.5 Å². The summed E-state index contributed by atoms with van der Waals surface area (Å²) in [6.45, 7) is 2.95. The van der Waals surface area contributed by atoms with Gasteiger partial charge in [-0.1, -0.05) is 11.6 Å². The second kappa shape index (κ2) is 4.63. The van der Waals surface area contributed by atoms with Crippen LogP contribution in [0.4, 0.5) is 0 Å². The summed E-state index contributed by atoms with van der Waals surface area (Å²) in [5.41, 5.74) is 3.23. The summed E-state index contributed by atoms with van der Waals surface area (Å²) < 4.78 is 0. The largest absolute Gasteiger partial charge is 0.508 e. The molecule has 6 rings (SSSR count). The van der Waals surface area contributed by atoms with Crippen molar-refractivity contribution in [3.8, 4) is 5.75 Å². The number of piperidine rings is 3. The Morgan fingerprint density at radius 1 is 1.42 bits per heavy atom. The number of fused-ring (bicyclic) bond motifs is 4. The van der Waals surface area contributed by atoms with Crippen molar-refractivity contribution < 1.29 is 15.3 Å². The molecule has 3 saturated heterocycles. The number of aromatic amines is 1. The van der Waals surface area contributed by atoms with Crippen molar-refractivity contribution in [2.24, 2.45) is 11.8 Å². The van der Waals surface area contributed by atoms with E-state index in [4.69, 9.17) is 0 Å². The van der Waals surface area contributed by atoms with Crippen molar-refractivity contribution >= 4 is 10.9 Å². The maximum absolute atomic E-state index is 11.6. The van der Waals surface area contributed by atoms with Gasteiger partial charge in [-0.25, -0.2) is 0 Å². The number of hydrogen-bond donors (Lipinski definition) is 4. The van der Waals surface area contributed by atoms with Crippen LogP contribution in [0.3, 0.4) is 0 Å². The van der Waals surface area contributed by atoms with E-state index in [1.807, 2.05) is 13.0 Å². The van der Waals surface area contributed by atoms with Crippen LogP contribution in [-0.4, -0.2) is 44.4 Å². The Labute approximate surface area is 140 Å². The molecule has 4 bridgehead atoms. The third-order valence-electron chi connectivity index (χ3n) is 6.51. The van der Waals surface area contributed by atoms with Gasteiger partial charge in [0.2, 0.25) is 0 Å². The molecule has 0 spiro atoms. The third-order valence-corrected chi connectivity index (χ3v) is 6.51. The smallest absolute Gasteiger partial charge is 0.160 e. The number of aliphatic hydroxyl groups is 2. The van der Waals surface area contributed by atoms with Crippen molar-refractivity contribution in [3.05, 3.63) is 41.1 Å². The highest BCUT2D eigenvalue weighted by Gasteiger charge is 2.59. The van der Waals surface area contributed by atoms with Crippen LogP contribution in [0.1, 0.15) is 24.6 Å². The molecule has 5 atom stereocenters. The van der Waals surface area contributed by atoms with Gasteiger partial charge in [0.1, 0.15) is 5.75 Å². The van der Waals surface area contributed by atoms with Crippen LogP contribution >= 0.6 is 0 Å². The number of allylic oxidation sites excluding steroid dienone is 1. The van der Waals surface area contributed by atoms with Gasteiger partial charge in [0, 0.05) is 42.4 Å². The fraction of sp³-hybridized carbons (Fsp3) is 0.474. The average molecular weight is 326 g/mol. The predicted molar refractivity (Wildman–Crippen MR) is 90.5 cm³/mol. The molecule has 2 aromatic rings. The first-order valence-electron chi connectivity index (χ1n) is 8.66. The molecule has 3 fully saturated rings. The second-order valence-electron chi connectivity index (χ2n) is 7.45. The molecule has 1 aromatic heterocycles. The van der Waals surface area contributed by atoms with Crippen LogP contribution < -0.4 is 0 Å². The molecule has 1 aromatic carbocycles. The minimum atomic E-state index is -1.00. The number of phenolic OH excluding ortho intramolecular Hbond substituents is 1. The topological polar surface area (TPSA) is 79.7 Å². The molecule has 4 aliphatic heterocycles. The average Bonchev–Trinajstić information content (AvgIpc) is 2.93. The Kier molecular flexibility index (Phi) is 2.80. The number of nitrogens with zero attached hydrogens (tertiary/aromatic N) is 1. The molecule has 0 amide bonds. The predicted octanol–water partition coefficient (Wildman–Crippen LogP) is 1.83. The normalized spacial score (nSPS) is 38.7. The Hall–Kier alpha value is -1.82. The van der Waals surface area contributed by atoms with E-state index in [2.05, 4.69) is 16.0 Å². The summed E-state index contributed by atoms with van der Waals surface area (Å²) in [6.07, 6.45) is 3.54. The lowest BCUT2D eigenvalue weighted by Gasteiger charge is -2.61. The highest BCUT2D eigenvalue weighted by Crippen LogP contribution is 2.56. The van der Waals surface area contributed by atoms with Crippen LogP contribution in [0, 0.1) is 11.8 Å². The molecule has 126 valence electrons. The van der Waals surface area contributed by atoms with E-state index >= 15 is 0 Å². The van der Waals surface area contributed by atoms with E-state index in [0.717, 1.165) is 35.1 Å². The van der Waals surface area contributed by atoms with E-state index in [1.54, 1.807) is 12.1 Å². The van der Waals surface area contributed by atoms with Crippen molar-refractivity contribution in [1.82, 2.24) is 9.88 Å². The standard InChI is InChI=1S/C19H22N2O3/c1-2-10-8-21-17-6-13-12-5-11(23)3-4-16(12)20-18(13)19(21,24)7-14(10)15(17)9-22/h2-5,14-15,17,20,22-24H,6-9H2,1H3/t14?,15?,17?,19-/m1/s1. The summed E-state index contributed by atoms with van der Waals surface area (Å²) in [4.78, 5) is 5.57. The minimum Gasteiger partial charge on any atom is -0.508 e. The zero-order valence-corrected chi connectivity index (χ0v) is 13.7. The van der Waals surface area contributed by atoms with Gasteiger partial charge in [0.15, 0.2) is 5.72 Å². The Balaban J connectivity index is 1.74. The van der Waals surface area contributed by atoms with Crippen LogP contribution in [-0.2, 0) is 12.1 Å². The lowest BCUT2D eigenvalue weighted by atomic mass is 9.63. The monoisotopic (exact) mass is 326 g/mol. The zero-order valence-electron chi connectivity index (χ0n) is 13.7. The Bertz CT molecular complexity index is 871. The van der Waals surface area contributed by atoms with Gasteiger partial charge in [-0.05, 0) is 43.0 Å². The molecule has 0 saturated carbocycles. The number of H-pyrrole nitrogens is 1. The summed E-state index contributed by atoms with van der Waals surface area (Å²) in [5.74, 6) is 0.623. The molecule has 0 aliphatic carbocycles. The Morgan fingerprint density at radius 3 is 3.00 bits per heavy atom. The molecule has 24 heavy (non-hydrogen) atoms. The SMILES string of the molecule is CC=C1CN2C3Cc4c([nH]c5ccc(O)cc45)[C@]2(O)CC1C3CO. The first-order chi connectivity index (χ1) is 11.6. The summed E-state index contributed by atoms with van der Waals surface area (Å²) in [6, 6.07) is 5.44. The summed E-state index contributed by atoms with van der Waals surface area (Å²) >= 11 is 0. The second-order valence-corrected chi connectivity index (χ2v) is 7.45. The van der Waals surface area contributed by atoms with Crippen molar-refractivity contribution in [2.75, 3.05) is 13.2 Å². The van der Waals surface area contributed by atoms with Gasteiger partial charge >= 0.3 is 0 Å². The molecule has 4 aliphatic rings. The van der Waals surface area contributed by atoms with Gasteiger partial charge in [-0.15, -0.1) is 0 Å². The lowest BCUT2D eigenvalue weighted by Crippen LogP contribution is -2.69. The van der Waals surface area contributed by atoms with Gasteiger partial charge < -0.3 is 20.3 Å². The van der Waals surface area contributed by atoms with Gasteiger partial charge in [0.25, 0.3) is 0 Å². The number of aromatic hydroxyl groups is 1. The third kappa shape index (κ3) is 1.60. The molecule has 5 nitrogen and oxygen atoms in total. The number of rotatable bonds is 1. The maximum atomic E-state index is 11.6. The quantitative estimate of drug-likeness (QED) is 0.603. The summed E-state index contributed by atoms with van der Waals surface area (Å²) in [5, 5.41) is 32.4. The highest BCUT2D eigenvalue weighted by molar-refractivity contribution is 5.86. The number of benzene rings is 1. The van der Waals surface area contributed by atoms with Crippen LogP contribution in [0.15, 0.2) is 29.8 Å². The first-order valence-corrected chi connectivity index (χ1v) is 8.66. The van der Waals surface area contributed by atoms with E-state index < -0.39 is 5.72 Å². The number of hydrogen-bond acceptors (Lipinski definition) is 4. The molecule has 4 N–H and O–H groups in total. The van der Waals surface area contributed by atoms with Gasteiger partial charge in [-0.2, -0.15) is 0 Å². The minimum absolute atomic E-state index is 0.135. The van der Waals surface area contributed by atoms with Crippen LogP contribution in [0.5, 0.6) is 5.75 Å². The molecular weight excluding hydrogens is 304 g/mol. The van der Waals surface area contributed by atoms with Crippen LogP contribution in [0.25, 0.3) is 10.9 Å². The van der Waals surface area contributed by atoms with Gasteiger partial charge in [0.05, 0.1) is 5.69 Å². The summed E-state index contributed by atoms with van der Waals surface area (Å²) in [7, 11) is 0. The van der Waals surface area contributed by atoms with E-state index in [-0.39, 0.29) is 30.2 Å². The molecule has 4 unspecified atom stereocenters. The molecule has 5 heteroatoms. The number of aromatic nitrogens is 1. The zero-order chi connectivity index (χ0) is 16.6.